The lowest BCUT2D eigenvalue weighted by Gasteiger charge is -2.10. The first-order valence-electron chi connectivity index (χ1n) is 5.88. The third kappa shape index (κ3) is 2.69. The molecule has 0 bridgehead atoms. The highest BCUT2D eigenvalue weighted by Crippen LogP contribution is 2.15. The molecule has 1 aromatic heterocycles. The number of aromatic amines is 1. The number of amides is 1. The molecule has 0 spiro atoms. The summed E-state index contributed by atoms with van der Waals surface area (Å²) >= 11 is 0. The summed E-state index contributed by atoms with van der Waals surface area (Å²) in [4.78, 5) is 19.2. The standard InChI is InChI=1S/C14H15N3O/c1-3-4-9-13(18)15-10(2)14-16-11-7-5-6-8-12(11)17-14/h1,5-8,10H,4,9H2,2H3,(H,15,18)(H,16,17). The minimum absolute atomic E-state index is 0.0547. The maximum atomic E-state index is 11.6. The first-order chi connectivity index (χ1) is 8.70. The molecule has 0 radical (unpaired) electrons. The van der Waals surface area contributed by atoms with Crippen molar-refractivity contribution in [2.45, 2.75) is 25.8 Å². The summed E-state index contributed by atoms with van der Waals surface area (Å²) in [6.07, 6.45) is 5.93. The number of hydrogen-bond donors (Lipinski definition) is 2. The fourth-order valence-electron chi connectivity index (χ4n) is 1.75. The van der Waals surface area contributed by atoms with Gasteiger partial charge in [0.15, 0.2) is 0 Å². The van der Waals surface area contributed by atoms with Crippen LogP contribution in [-0.2, 0) is 4.79 Å². The highest BCUT2D eigenvalue weighted by molar-refractivity contribution is 5.77. The van der Waals surface area contributed by atoms with E-state index in [1.165, 1.54) is 0 Å². The lowest BCUT2D eigenvalue weighted by Crippen LogP contribution is -2.26. The van der Waals surface area contributed by atoms with Crippen LogP contribution in [0, 0.1) is 12.3 Å². The van der Waals surface area contributed by atoms with Crippen LogP contribution < -0.4 is 5.32 Å². The Bertz CT molecular complexity index is 561. The number of terminal acetylenes is 1. The molecule has 1 aromatic carbocycles. The average molecular weight is 241 g/mol. The number of carbonyl (C=O) groups excluding carboxylic acids is 1. The quantitative estimate of drug-likeness (QED) is 0.806. The highest BCUT2D eigenvalue weighted by Gasteiger charge is 2.12. The molecule has 0 saturated heterocycles. The largest absolute Gasteiger partial charge is 0.346 e. The van der Waals surface area contributed by atoms with Crippen molar-refractivity contribution in [1.82, 2.24) is 15.3 Å². The van der Waals surface area contributed by atoms with E-state index < -0.39 is 0 Å². The van der Waals surface area contributed by atoms with E-state index in [-0.39, 0.29) is 11.9 Å². The second-order valence-corrected chi connectivity index (χ2v) is 4.13. The molecular formula is C14H15N3O. The maximum Gasteiger partial charge on any atom is 0.221 e. The molecule has 2 aromatic rings. The first-order valence-corrected chi connectivity index (χ1v) is 5.88. The predicted molar refractivity (Wildman–Crippen MR) is 70.7 cm³/mol. The molecule has 0 aliphatic rings. The van der Waals surface area contributed by atoms with Crippen LogP contribution in [0.1, 0.15) is 31.6 Å². The SMILES string of the molecule is C#CCCC(=O)NC(C)c1nc2ccccc2[nH]1. The molecule has 1 unspecified atom stereocenters. The molecule has 4 heteroatoms. The minimum Gasteiger partial charge on any atom is -0.346 e. The summed E-state index contributed by atoms with van der Waals surface area (Å²) in [5.41, 5.74) is 1.87. The second-order valence-electron chi connectivity index (χ2n) is 4.13. The summed E-state index contributed by atoms with van der Waals surface area (Å²) in [6, 6.07) is 7.62. The van der Waals surface area contributed by atoms with Crippen LogP contribution in [0.5, 0.6) is 0 Å². The van der Waals surface area contributed by atoms with E-state index >= 15 is 0 Å². The number of benzene rings is 1. The van der Waals surface area contributed by atoms with E-state index in [2.05, 4.69) is 21.2 Å². The number of hydrogen-bond acceptors (Lipinski definition) is 2. The molecule has 1 amide bonds. The number of nitrogens with one attached hydrogen (secondary N) is 2. The molecular weight excluding hydrogens is 226 g/mol. The first kappa shape index (κ1) is 12.2. The van der Waals surface area contributed by atoms with Crippen molar-refractivity contribution in [2.24, 2.45) is 0 Å². The Hall–Kier alpha value is -2.28. The van der Waals surface area contributed by atoms with Crippen molar-refractivity contribution in [3.8, 4) is 12.3 Å². The van der Waals surface area contributed by atoms with E-state index in [1.54, 1.807) is 0 Å². The molecule has 18 heavy (non-hydrogen) atoms. The fraction of sp³-hybridized carbons (Fsp3) is 0.286. The van der Waals surface area contributed by atoms with Gasteiger partial charge in [0.25, 0.3) is 0 Å². The van der Waals surface area contributed by atoms with Crippen LogP contribution in [0.2, 0.25) is 0 Å². The van der Waals surface area contributed by atoms with E-state index in [0.717, 1.165) is 16.9 Å². The third-order valence-electron chi connectivity index (χ3n) is 2.69. The van der Waals surface area contributed by atoms with Crippen molar-refractivity contribution in [2.75, 3.05) is 0 Å². The maximum absolute atomic E-state index is 11.6. The van der Waals surface area contributed by atoms with Gasteiger partial charge in [0, 0.05) is 12.8 Å². The Morgan fingerprint density at radius 1 is 1.56 bits per heavy atom. The van der Waals surface area contributed by atoms with Crippen LogP contribution in [0.4, 0.5) is 0 Å². The smallest absolute Gasteiger partial charge is 0.221 e. The molecule has 4 nitrogen and oxygen atoms in total. The van der Waals surface area contributed by atoms with Gasteiger partial charge < -0.3 is 10.3 Å². The lowest BCUT2D eigenvalue weighted by atomic mass is 10.2. The zero-order valence-corrected chi connectivity index (χ0v) is 10.2. The molecule has 0 fully saturated rings. The Labute approximate surface area is 106 Å². The minimum atomic E-state index is -0.150. The summed E-state index contributed by atoms with van der Waals surface area (Å²) < 4.78 is 0. The number of aromatic nitrogens is 2. The zero-order chi connectivity index (χ0) is 13.0. The van der Waals surface area contributed by atoms with Crippen molar-refractivity contribution in [3.05, 3.63) is 30.1 Å². The van der Waals surface area contributed by atoms with Crippen molar-refractivity contribution in [3.63, 3.8) is 0 Å². The summed E-state index contributed by atoms with van der Waals surface area (Å²) in [5.74, 6) is 3.15. The summed E-state index contributed by atoms with van der Waals surface area (Å²) in [6.45, 7) is 1.89. The monoisotopic (exact) mass is 241 g/mol. The molecule has 92 valence electrons. The van der Waals surface area contributed by atoms with Gasteiger partial charge in [-0.1, -0.05) is 12.1 Å². The van der Waals surface area contributed by atoms with Gasteiger partial charge in [0.2, 0.25) is 5.91 Å². The fourth-order valence-corrected chi connectivity index (χ4v) is 1.75. The van der Waals surface area contributed by atoms with Gasteiger partial charge in [-0.05, 0) is 19.1 Å². The molecule has 0 saturated carbocycles. The average Bonchev–Trinajstić information content (AvgIpc) is 2.80. The molecule has 2 N–H and O–H groups in total. The Kier molecular flexibility index (Phi) is 3.63. The Morgan fingerprint density at radius 2 is 2.33 bits per heavy atom. The Morgan fingerprint density at radius 3 is 3.06 bits per heavy atom. The second kappa shape index (κ2) is 5.37. The van der Waals surface area contributed by atoms with Gasteiger partial charge in [-0.2, -0.15) is 0 Å². The highest BCUT2D eigenvalue weighted by atomic mass is 16.1. The van der Waals surface area contributed by atoms with Gasteiger partial charge in [-0.25, -0.2) is 4.98 Å². The number of para-hydroxylation sites is 2. The van der Waals surface area contributed by atoms with Gasteiger partial charge in [-0.3, -0.25) is 4.79 Å². The number of imidazole rings is 1. The number of nitrogens with zero attached hydrogens (tertiary/aromatic N) is 1. The Balaban J connectivity index is 2.07. The van der Waals surface area contributed by atoms with Gasteiger partial charge >= 0.3 is 0 Å². The van der Waals surface area contributed by atoms with Crippen molar-refractivity contribution in [1.29, 1.82) is 0 Å². The van der Waals surface area contributed by atoms with E-state index in [0.29, 0.717) is 12.8 Å². The summed E-state index contributed by atoms with van der Waals surface area (Å²) in [5, 5.41) is 2.86. The number of H-pyrrole nitrogens is 1. The number of carbonyl (C=O) groups is 1. The van der Waals surface area contributed by atoms with Gasteiger partial charge in [0.1, 0.15) is 5.82 Å². The zero-order valence-electron chi connectivity index (χ0n) is 10.2. The normalized spacial score (nSPS) is 12.0. The van der Waals surface area contributed by atoms with Crippen molar-refractivity contribution < 1.29 is 4.79 Å². The predicted octanol–water partition coefficient (Wildman–Crippen LogP) is 2.15. The van der Waals surface area contributed by atoms with Crippen LogP contribution in [0.25, 0.3) is 11.0 Å². The lowest BCUT2D eigenvalue weighted by molar-refractivity contribution is -0.121. The topological polar surface area (TPSA) is 57.8 Å². The molecule has 1 atom stereocenters. The van der Waals surface area contributed by atoms with E-state index in [1.807, 2.05) is 31.2 Å². The van der Waals surface area contributed by atoms with Crippen molar-refractivity contribution >= 4 is 16.9 Å². The van der Waals surface area contributed by atoms with Gasteiger partial charge in [-0.15, -0.1) is 12.3 Å². The van der Waals surface area contributed by atoms with Gasteiger partial charge in [0.05, 0.1) is 17.1 Å². The van der Waals surface area contributed by atoms with E-state index in [9.17, 15) is 4.79 Å². The molecule has 1 heterocycles. The van der Waals surface area contributed by atoms with Crippen LogP contribution in [0.15, 0.2) is 24.3 Å². The van der Waals surface area contributed by atoms with Crippen LogP contribution in [-0.4, -0.2) is 15.9 Å². The van der Waals surface area contributed by atoms with Crippen LogP contribution >= 0.6 is 0 Å². The summed E-state index contributed by atoms with van der Waals surface area (Å²) in [7, 11) is 0. The number of rotatable bonds is 4. The molecule has 2 rings (SSSR count). The third-order valence-corrected chi connectivity index (χ3v) is 2.69. The number of fused-ring (bicyclic) bond motifs is 1. The van der Waals surface area contributed by atoms with Crippen LogP contribution in [0.3, 0.4) is 0 Å². The van der Waals surface area contributed by atoms with E-state index in [4.69, 9.17) is 6.42 Å². The molecule has 0 aliphatic carbocycles. The molecule has 0 aliphatic heterocycles.